The van der Waals surface area contributed by atoms with E-state index in [9.17, 15) is 9.18 Å². The Kier molecular flexibility index (Phi) is 6.20. The molecule has 1 saturated carbocycles. The molecule has 34 heavy (non-hydrogen) atoms. The lowest BCUT2D eigenvalue weighted by Crippen LogP contribution is -2.20. The zero-order valence-electron chi connectivity index (χ0n) is 19.0. The molecule has 0 saturated heterocycles. The molecule has 1 unspecified atom stereocenters. The average molecular weight is 473 g/mol. The second-order valence-electron chi connectivity index (χ2n) is 8.60. The zero-order chi connectivity index (χ0) is 23.7. The lowest BCUT2D eigenvalue weighted by atomic mass is 10.1. The van der Waals surface area contributed by atoms with E-state index in [1.165, 1.54) is 17.8 Å². The molecule has 5 rings (SSSR count). The van der Waals surface area contributed by atoms with Crippen molar-refractivity contribution in [2.45, 2.75) is 43.1 Å². The number of halogens is 1. The van der Waals surface area contributed by atoms with Crippen molar-refractivity contribution >= 4 is 23.4 Å². The third kappa shape index (κ3) is 4.61. The van der Waals surface area contributed by atoms with Gasteiger partial charge in [0.05, 0.1) is 5.56 Å². The lowest BCUT2D eigenvalue weighted by Gasteiger charge is -2.18. The van der Waals surface area contributed by atoms with Crippen molar-refractivity contribution < 1.29 is 9.18 Å². The summed E-state index contributed by atoms with van der Waals surface area (Å²) < 4.78 is 16.6. The number of carbonyl (C=O) groups excluding carboxylic acids is 1. The number of benzene rings is 3. The van der Waals surface area contributed by atoms with Crippen LogP contribution in [0.5, 0.6) is 0 Å². The third-order valence-corrected chi connectivity index (χ3v) is 7.12. The van der Waals surface area contributed by atoms with E-state index in [1.807, 2.05) is 66.9 Å². The summed E-state index contributed by atoms with van der Waals surface area (Å²) in [4.78, 5) is 13.6. The van der Waals surface area contributed by atoms with E-state index >= 15 is 0 Å². The van der Waals surface area contributed by atoms with Crippen LogP contribution in [-0.2, 0) is 4.79 Å². The quantitative estimate of drug-likeness (QED) is 0.312. The molecular weight excluding hydrogens is 447 g/mol. The van der Waals surface area contributed by atoms with Gasteiger partial charge in [-0.15, -0.1) is 10.2 Å². The first-order chi connectivity index (χ1) is 16.5. The first-order valence-corrected chi connectivity index (χ1v) is 12.2. The van der Waals surface area contributed by atoms with Crippen molar-refractivity contribution in [2.75, 3.05) is 5.32 Å². The Morgan fingerprint density at radius 2 is 1.76 bits per heavy atom. The summed E-state index contributed by atoms with van der Waals surface area (Å²) in [5.74, 6) is 0.0353. The number of hydrogen-bond donors (Lipinski definition) is 1. The molecule has 1 N–H and O–H groups in total. The van der Waals surface area contributed by atoms with E-state index in [0.717, 1.165) is 35.2 Å². The molecule has 0 bridgehead atoms. The van der Waals surface area contributed by atoms with Crippen LogP contribution in [0.15, 0.2) is 78.0 Å². The molecule has 0 radical (unpaired) electrons. The Morgan fingerprint density at radius 1 is 1.03 bits per heavy atom. The Hall–Kier alpha value is -3.45. The highest BCUT2D eigenvalue weighted by Gasteiger charge is 2.33. The smallest absolute Gasteiger partial charge is 0.242 e. The standard InChI is InChI=1S/C27H25FN4OS/c1-17-12-13-18(2)23(16-17)29-26(33)24(19-8-4-3-5-9-19)34-27-31-30-25(32(27)20-14-15-20)21-10-6-7-11-22(21)28/h3-13,16,20,24H,14-15H2,1-2H3,(H,29,33). The van der Waals surface area contributed by atoms with Crippen LogP contribution < -0.4 is 5.32 Å². The molecule has 1 aliphatic carbocycles. The molecular formula is C27H25FN4OS. The molecule has 5 nitrogen and oxygen atoms in total. The highest BCUT2D eigenvalue weighted by Crippen LogP contribution is 2.44. The third-order valence-electron chi connectivity index (χ3n) is 5.91. The maximum atomic E-state index is 14.6. The summed E-state index contributed by atoms with van der Waals surface area (Å²) >= 11 is 1.35. The van der Waals surface area contributed by atoms with Crippen molar-refractivity contribution in [3.8, 4) is 11.4 Å². The van der Waals surface area contributed by atoms with Gasteiger partial charge in [0.2, 0.25) is 5.91 Å². The van der Waals surface area contributed by atoms with Gasteiger partial charge in [0.15, 0.2) is 11.0 Å². The van der Waals surface area contributed by atoms with Crippen LogP contribution in [0, 0.1) is 19.7 Å². The van der Waals surface area contributed by atoms with E-state index < -0.39 is 5.25 Å². The van der Waals surface area contributed by atoms with Crippen molar-refractivity contribution in [3.63, 3.8) is 0 Å². The van der Waals surface area contributed by atoms with Gasteiger partial charge in [0, 0.05) is 11.7 Å². The highest BCUT2D eigenvalue weighted by atomic mass is 32.2. The monoisotopic (exact) mass is 472 g/mol. The molecule has 0 aliphatic heterocycles. The second kappa shape index (κ2) is 9.43. The van der Waals surface area contributed by atoms with Crippen LogP contribution >= 0.6 is 11.8 Å². The molecule has 4 aromatic rings. The van der Waals surface area contributed by atoms with Crippen LogP contribution in [-0.4, -0.2) is 20.7 Å². The molecule has 3 aromatic carbocycles. The van der Waals surface area contributed by atoms with Crippen LogP contribution in [0.3, 0.4) is 0 Å². The van der Waals surface area contributed by atoms with E-state index in [2.05, 4.69) is 15.5 Å². The summed E-state index contributed by atoms with van der Waals surface area (Å²) in [5, 5.41) is 11.9. The van der Waals surface area contributed by atoms with E-state index in [-0.39, 0.29) is 17.8 Å². The van der Waals surface area contributed by atoms with E-state index in [4.69, 9.17) is 0 Å². The number of amides is 1. The van der Waals surface area contributed by atoms with Gasteiger partial charge in [-0.05, 0) is 61.6 Å². The molecule has 1 aromatic heterocycles. The summed E-state index contributed by atoms with van der Waals surface area (Å²) in [6.45, 7) is 3.98. The minimum absolute atomic E-state index is 0.136. The summed E-state index contributed by atoms with van der Waals surface area (Å²) in [6, 6.07) is 22.5. The number of rotatable bonds is 7. The Balaban J connectivity index is 1.51. The first-order valence-electron chi connectivity index (χ1n) is 11.3. The number of thioether (sulfide) groups is 1. The van der Waals surface area contributed by atoms with Gasteiger partial charge >= 0.3 is 0 Å². The zero-order valence-corrected chi connectivity index (χ0v) is 19.8. The van der Waals surface area contributed by atoms with Gasteiger partial charge < -0.3 is 5.32 Å². The Labute approximate surface area is 202 Å². The van der Waals surface area contributed by atoms with Crippen molar-refractivity contribution in [2.24, 2.45) is 0 Å². The predicted molar refractivity (Wildman–Crippen MR) is 133 cm³/mol. The molecule has 172 valence electrons. The maximum Gasteiger partial charge on any atom is 0.242 e. The number of hydrogen-bond acceptors (Lipinski definition) is 4. The topological polar surface area (TPSA) is 59.8 Å². The van der Waals surface area contributed by atoms with Crippen LogP contribution in [0.1, 0.15) is 40.8 Å². The maximum absolute atomic E-state index is 14.6. The van der Waals surface area contributed by atoms with Crippen LogP contribution in [0.4, 0.5) is 10.1 Å². The normalized spacial score (nSPS) is 14.1. The number of anilines is 1. The molecule has 0 spiro atoms. The first kappa shape index (κ1) is 22.3. The van der Waals surface area contributed by atoms with Gasteiger partial charge in [-0.1, -0.05) is 66.4 Å². The number of carbonyl (C=O) groups is 1. The molecule has 1 atom stereocenters. The second-order valence-corrected chi connectivity index (χ2v) is 9.68. The summed E-state index contributed by atoms with van der Waals surface area (Å²) in [5.41, 5.74) is 4.16. The minimum Gasteiger partial charge on any atom is -0.325 e. The van der Waals surface area contributed by atoms with Gasteiger partial charge in [-0.2, -0.15) is 0 Å². The molecule has 7 heteroatoms. The summed E-state index contributed by atoms with van der Waals surface area (Å²) in [6.07, 6.45) is 1.97. The fourth-order valence-electron chi connectivity index (χ4n) is 3.92. The lowest BCUT2D eigenvalue weighted by molar-refractivity contribution is -0.115. The molecule has 1 heterocycles. The number of aryl methyl sites for hydroxylation is 2. The van der Waals surface area contributed by atoms with Crippen molar-refractivity contribution in [1.82, 2.24) is 14.8 Å². The van der Waals surface area contributed by atoms with Gasteiger partial charge in [-0.3, -0.25) is 9.36 Å². The number of nitrogens with one attached hydrogen (secondary N) is 1. The fourth-order valence-corrected chi connectivity index (χ4v) is 5.03. The summed E-state index contributed by atoms with van der Waals surface area (Å²) in [7, 11) is 0. The Bertz CT molecular complexity index is 1330. The highest BCUT2D eigenvalue weighted by molar-refractivity contribution is 8.00. The van der Waals surface area contributed by atoms with Gasteiger partial charge in [-0.25, -0.2) is 4.39 Å². The molecule has 1 amide bonds. The van der Waals surface area contributed by atoms with E-state index in [1.54, 1.807) is 18.2 Å². The van der Waals surface area contributed by atoms with Crippen molar-refractivity contribution in [3.05, 3.63) is 95.3 Å². The predicted octanol–water partition coefficient (Wildman–Crippen LogP) is 6.51. The van der Waals surface area contributed by atoms with Crippen LogP contribution in [0.25, 0.3) is 11.4 Å². The Morgan fingerprint density at radius 3 is 2.50 bits per heavy atom. The largest absolute Gasteiger partial charge is 0.325 e. The molecule has 1 fully saturated rings. The van der Waals surface area contributed by atoms with Crippen molar-refractivity contribution in [1.29, 1.82) is 0 Å². The van der Waals surface area contributed by atoms with Gasteiger partial charge in [0.1, 0.15) is 11.1 Å². The number of aromatic nitrogens is 3. The van der Waals surface area contributed by atoms with E-state index in [0.29, 0.717) is 16.5 Å². The average Bonchev–Trinajstić information content (AvgIpc) is 3.60. The minimum atomic E-state index is -0.545. The SMILES string of the molecule is Cc1ccc(C)c(NC(=O)C(Sc2nnc(-c3ccccc3F)n2C2CC2)c2ccccc2)c1. The van der Waals surface area contributed by atoms with Crippen LogP contribution in [0.2, 0.25) is 0 Å². The molecule has 1 aliphatic rings. The van der Waals surface area contributed by atoms with Gasteiger partial charge in [0.25, 0.3) is 0 Å². The fraction of sp³-hybridized carbons (Fsp3) is 0.222. The number of nitrogens with zero attached hydrogens (tertiary/aromatic N) is 3.